The molecule has 5 N–H and O–H groups in total. The van der Waals surface area contributed by atoms with Crippen LogP contribution >= 0.6 is 0 Å². The molecule has 9 heteroatoms. The number of anilines is 1. The number of imidazole rings is 1. The van der Waals surface area contributed by atoms with Crippen molar-refractivity contribution in [2.45, 2.75) is 11.4 Å². The lowest BCUT2D eigenvalue weighted by atomic mass is 10.5. The standard InChI is InChI=1S/C9H12N6O2S/c10-15-9-3-8(1-2-12-9)18(16,17)14-5-7-4-11-6-13-7/h1-4,6,14H,5,10H2,(H,11,13)(H,12,15). The predicted molar refractivity (Wildman–Crippen MR) is 64.7 cm³/mol. The van der Waals surface area contributed by atoms with Crippen molar-refractivity contribution in [1.82, 2.24) is 19.7 Å². The number of H-pyrrole nitrogens is 1. The van der Waals surface area contributed by atoms with Crippen LogP contribution in [0.4, 0.5) is 5.82 Å². The van der Waals surface area contributed by atoms with E-state index >= 15 is 0 Å². The molecule has 8 nitrogen and oxygen atoms in total. The number of hydrazine groups is 1. The summed E-state index contributed by atoms with van der Waals surface area (Å²) in [6, 6.07) is 2.73. The minimum absolute atomic E-state index is 0.0879. The molecule has 0 saturated heterocycles. The number of hydrogen-bond donors (Lipinski definition) is 4. The van der Waals surface area contributed by atoms with Gasteiger partial charge in [-0.2, -0.15) is 0 Å². The van der Waals surface area contributed by atoms with E-state index in [-0.39, 0.29) is 17.3 Å². The summed E-state index contributed by atoms with van der Waals surface area (Å²) in [4.78, 5) is 10.5. The molecule has 0 fully saturated rings. The average molecular weight is 268 g/mol. The Labute approximate surface area is 104 Å². The molecule has 0 atom stereocenters. The van der Waals surface area contributed by atoms with Gasteiger partial charge in [-0.05, 0) is 6.07 Å². The molecule has 0 bridgehead atoms. The number of sulfonamides is 1. The third-order valence-electron chi connectivity index (χ3n) is 2.20. The van der Waals surface area contributed by atoms with Gasteiger partial charge in [0.2, 0.25) is 10.0 Å². The van der Waals surface area contributed by atoms with Gasteiger partial charge in [0, 0.05) is 24.2 Å². The highest BCUT2D eigenvalue weighted by Gasteiger charge is 2.14. The Morgan fingerprint density at radius 3 is 2.94 bits per heavy atom. The molecule has 0 aliphatic carbocycles. The summed E-state index contributed by atoms with van der Waals surface area (Å²) < 4.78 is 26.3. The van der Waals surface area contributed by atoms with E-state index in [2.05, 4.69) is 25.1 Å². The maximum atomic E-state index is 12.0. The van der Waals surface area contributed by atoms with Gasteiger partial charge in [-0.3, -0.25) is 0 Å². The number of nitrogens with one attached hydrogen (secondary N) is 3. The molecule has 96 valence electrons. The number of hydrogen-bond acceptors (Lipinski definition) is 6. The molecule has 0 aliphatic rings. The Bertz CT molecular complexity index is 610. The van der Waals surface area contributed by atoms with Crippen molar-refractivity contribution in [3.63, 3.8) is 0 Å². The van der Waals surface area contributed by atoms with Gasteiger partial charge in [-0.1, -0.05) is 0 Å². The Kier molecular flexibility index (Phi) is 3.55. The number of nitrogens with two attached hydrogens (primary N) is 1. The zero-order chi connectivity index (χ0) is 13.0. The minimum atomic E-state index is -3.60. The molecule has 2 rings (SSSR count). The van der Waals surface area contributed by atoms with Crippen molar-refractivity contribution in [3.05, 3.63) is 36.5 Å². The maximum Gasteiger partial charge on any atom is 0.241 e. The number of nitrogens with zero attached hydrogens (tertiary/aromatic N) is 2. The van der Waals surface area contributed by atoms with E-state index in [4.69, 9.17) is 5.84 Å². The minimum Gasteiger partial charge on any atom is -0.347 e. The molecule has 2 aromatic rings. The van der Waals surface area contributed by atoms with Gasteiger partial charge in [0.05, 0.1) is 17.8 Å². The summed E-state index contributed by atoms with van der Waals surface area (Å²) >= 11 is 0. The lowest BCUT2D eigenvalue weighted by molar-refractivity contribution is 0.580. The number of rotatable bonds is 5. The second-order valence-electron chi connectivity index (χ2n) is 3.42. The van der Waals surface area contributed by atoms with Gasteiger partial charge < -0.3 is 10.4 Å². The average Bonchev–Trinajstić information content (AvgIpc) is 2.90. The molecular formula is C9H12N6O2S. The fourth-order valence-corrected chi connectivity index (χ4v) is 2.31. The van der Waals surface area contributed by atoms with Crippen LogP contribution in [0.15, 0.2) is 35.7 Å². The summed E-state index contributed by atoms with van der Waals surface area (Å²) in [6.07, 6.45) is 4.38. The summed E-state index contributed by atoms with van der Waals surface area (Å²) in [6.45, 7) is 0.135. The van der Waals surface area contributed by atoms with Gasteiger partial charge in [-0.15, -0.1) is 0 Å². The van der Waals surface area contributed by atoms with E-state index < -0.39 is 10.0 Å². The van der Waals surface area contributed by atoms with E-state index in [1.807, 2.05) is 0 Å². The molecule has 2 heterocycles. The van der Waals surface area contributed by atoms with Crippen molar-refractivity contribution < 1.29 is 8.42 Å². The normalized spacial score (nSPS) is 11.4. The molecule has 2 aromatic heterocycles. The Hall–Kier alpha value is -1.97. The first-order valence-electron chi connectivity index (χ1n) is 5.01. The molecule has 0 saturated carbocycles. The lowest BCUT2D eigenvalue weighted by Gasteiger charge is -2.06. The van der Waals surface area contributed by atoms with Crippen LogP contribution in [0.2, 0.25) is 0 Å². The second-order valence-corrected chi connectivity index (χ2v) is 5.19. The highest BCUT2D eigenvalue weighted by atomic mass is 32.2. The van der Waals surface area contributed by atoms with Gasteiger partial charge in [0.1, 0.15) is 5.82 Å². The van der Waals surface area contributed by atoms with E-state index in [0.29, 0.717) is 5.69 Å². The van der Waals surface area contributed by atoms with E-state index in [0.717, 1.165) is 0 Å². The second kappa shape index (κ2) is 5.12. The van der Waals surface area contributed by atoms with Crippen LogP contribution in [0, 0.1) is 0 Å². The smallest absolute Gasteiger partial charge is 0.241 e. The third kappa shape index (κ3) is 2.83. The number of pyridine rings is 1. The van der Waals surface area contributed by atoms with E-state index in [1.165, 1.54) is 24.7 Å². The van der Waals surface area contributed by atoms with Crippen molar-refractivity contribution >= 4 is 15.8 Å². The molecule has 0 aromatic carbocycles. The fraction of sp³-hybridized carbons (Fsp3) is 0.111. The molecule has 0 spiro atoms. The van der Waals surface area contributed by atoms with Gasteiger partial charge >= 0.3 is 0 Å². The third-order valence-corrected chi connectivity index (χ3v) is 3.60. The molecule has 0 unspecified atom stereocenters. The molecule has 0 radical (unpaired) electrons. The molecular weight excluding hydrogens is 256 g/mol. The van der Waals surface area contributed by atoms with Crippen LogP contribution < -0.4 is 16.0 Å². The largest absolute Gasteiger partial charge is 0.347 e. The van der Waals surface area contributed by atoms with Crippen LogP contribution in [0.3, 0.4) is 0 Å². The number of aromatic amines is 1. The van der Waals surface area contributed by atoms with Crippen LogP contribution in [-0.2, 0) is 16.6 Å². The van der Waals surface area contributed by atoms with Gasteiger partial charge in [-0.25, -0.2) is 29.0 Å². The monoisotopic (exact) mass is 268 g/mol. The highest BCUT2D eigenvalue weighted by Crippen LogP contribution is 2.11. The lowest BCUT2D eigenvalue weighted by Crippen LogP contribution is -2.23. The molecule has 0 aliphatic heterocycles. The first-order chi connectivity index (χ1) is 8.62. The van der Waals surface area contributed by atoms with Crippen molar-refractivity contribution in [2.24, 2.45) is 5.84 Å². The topological polar surface area (TPSA) is 126 Å². The van der Waals surface area contributed by atoms with Crippen molar-refractivity contribution in [1.29, 1.82) is 0 Å². The first-order valence-corrected chi connectivity index (χ1v) is 6.50. The zero-order valence-corrected chi connectivity index (χ0v) is 10.1. The summed E-state index contributed by atoms with van der Waals surface area (Å²) in [5.74, 6) is 5.45. The zero-order valence-electron chi connectivity index (χ0n) is 9.29. The summed E-state index contributed by atoms with van der Waals surface area (Å²) in [7, 11) is -3.60. The van der Waals surface area contributed by atoms with E-state index in [1.54, 1.807) is 6.20 Å². The van der Waals surface area contributed by atoms with Gasteiger partial charge in [0.25, 0.3) is 0 Å². The Morgan fingerprint density at radius 1 is 1.44 bits per heavy atom. The maximum absolute atomic E-state index is 12.0. The van der Waals surface area contributed by atoms with Crippen LogP contribution in [0.5, 0.6) is 0 Å². The van der Waals surface area contributed by atoms with Gasteiger partial charge in [0.15, 0.2) is 0 Å². The molecule has 18 heavy (non-hydrogen) atoms. The Morgan fingerprint density at radius 2 is 2.28 bits per heavy atom. The summed E-state index contributed by atoms with van der Waals surface area (Å²) in [5.41, 5.74) is 2.96. The van der Waals surface area contributed by atoms with Crippen LogP contribution in [0.1, 0.15) is 5.69 Å². The first kappa shape index (κ1) is 12.5. The van der Waals surface area contributed by atoms with Crippen molar-refractivity contribution in [3.8, 4) is 0 Å². The number of nitrogen functional groups attached to an aromatic ring is 1. The quantitative estimate of drug-likeness (QED) is 0.430. The predicted octanol–water partition coefficient (Wildman–Crippen LogP) is -0.431. The van der Waals surface area contributed by atoms with E-state index in [9.17, 15) is 8.42 Å². The number of aromatic nitrogens is 3. The molecule has 0 amide bonds. The van der Waals surface area contributed by atoms with Crippen molar-refractivity contribution in [2.75, 3.05) is 5.43 Å². The summed E-state index contributed by atoms with van der Waals surface area (Å²) in [5, 5.41) is 0. The fourth-order valence-electron chi connectivity index (χ4n) is 1.29. The van der Waals surface area contributed by atoms with Crippen LogP contribution in [0.25, 0.3) is 0 Å². The highest BCUT2D eigenvalue weighted by molar-refractivity contribution is 7.89. The van der Waals surface area contributed by atoms with Crippen LogP contribution in [-0.4, -0.2) is 23.4 Å². The Balaban J connectivity index is 2.14. The SMILES string of the molecule is NNc1cc(S(=O)(=O)NCc2cnc[nH]2)ccn1.